The van der Waals surface area contributed by atoms with Crippen molar-refractivity contribution in [3.63, 3.8) is 0 Å². The van der Waals surface area contributed by atoms with Gasteiger partial charge in [-0.3, -0.25) is 9.59 Å². The fraction of sp³-hybridized carbons (Fsp3) is 0.643. The Kier molecular flexibility index (Phi) is 5.30. The van der Waals surface area contributed by atoms with Crippen LogP contribution >= 0.6 is 0 Å². The molecular formula is C14H22N2O4. The van der Waals surface area contributed by atoms with E-state index in [-0.39, 0.29) is 28.9 Å². The topological polar surface area (TPSA) is 77.9 Å². The van der Waals surface area contributed by atoms with Crippen LogP contribution in [0.4, 0.5) is 0 Å². The summed E-state index contributed by atoms with van der Waals surface area (Å²) in [6, 6.07) is 0. The summed E-state index contributed by atoms with van der Waals surface area (Å²) in [6.45, 7) is 8.55. The largest absolute Gasteiger partial charge is 0.478 e. The number of carbonyl (C=O) groups excluding carboxylic acids is 2. The molecule has 1 rings (SSSR count). The summed E-state index contributed by atoms with van der Waals surface area (Å²) >= 11 is 0. The van der Waals surface area contributed by atoms with Crippen molar-refractivity contribution in [3.8, 4) is 0 Å². The van der Waals surface area contributed by atoms with Gasteiger partial charge in [-0.05, 0) is 13.8 Å². The molecule has 112 valence electrons. The maximum Gasteiger partial charge on any atom is 0.331 e. The van der Waals surface area contributed by atoms with E-state index in [1.165, 1.54) is 13.8 Å². The van der Waals surface area contributed by atoms with E-state index in [1.807, 2.05) is 13.8 Å². The average Bonchev–Trinajstić information content (AvgIpc) is 2.44. The van der Waals surface area contributed by atoms with Crippen molar-refractivity contribution in [1.29, 1.82) is 0 Å². The molecule has 1 aliphatic rings. The van der Waals surface area contributed by atoms with Gasteiger partial charge in [-0.25, -0.2) is 4.79 Å². The van der Waals surface area contributed by atoms with Gasteiger partial charge in [0.15, 0.2) is 0 Å². The lowest BCUT2D eigenvalue weighted by Gasteiger charge is -2.35. The monoisotopic (exact) mass is 282 g/mol. The summed E-state index contributed by atoms with van der Waals surface area (Å²) in [5.41, 5.74) is 0.317. The van der Waals surface area contributed by atoms with Crippen LogP contribution in [0.1, 0.15) is 27.7 Å². The Labute approximate surface area is 119 Å². The molecule has 6 nitrogen and oxygen atoms in total. The summed E-state index contributed by atoms with van der Waals surface area (Å²) < 4.78 is 0. The van der Waals surface area contributed by atoms with E-state index in [9.17, 15) is 14.4 Å². The normalized spacial score (nSPS) is 17.1. The first-order valence-corrected chi connectivity index (χ1v) is 6.74. The molecule has 0 spiro atoms. The van der Waals surface area contributed by atoms with E-state index in [2.05, 4.69) is 0 Å². The van der Waals surface area contributed by atoms with Gasteiger partial charge in [0.2, 0.25) is 11.8 Å². The van der Waals surface area contributed by atoms with Gasteiger partial charge in [-0.2, -0.15) is 0 Å². The number of piperazine rings is 1. The minimum atomic E-state index is -1.08. The van der Waals surface area contributed by atoms with Gasteiger partial charge in [-0.15, -0.1) is 0 Å². The van der Waals surface area contributed by atoms with Gasteiger partial charge in [0.25, 0.3) is 0 Å². The van der Waals surface area contributed by atoms with Crippen LogP contribution in [0.5, 0.6) is 0 Å². The predicted octanol–water partition coefficient (Wildman–Crippen LogP) is 0.734. The van der Waals surface area contributed by atoms with Gasteiger partial charge >= 0.3 is 5.97 Å². The number of hydrogen-bond acceptors (Lipinski definition) is 3. The first-order valence-electron chi connectivity index (χ1n) is 6.74. The van der Waals surface area contributed by atoms with Crippen LogP contribution in [0, 0.1) is 5.92 Å². The third-order valence-electron chi connectivity index (χ3n) is 3.58. The summed E-state index contributed by atoms with van der Waals surface area (Å²) in [5, 5.41) is 8.89. The predicted molar refractivity (Wildman–Crippen MR) is 74.0 cm³/mol. The lowest BCUT2D eigenvalue weighted by Crippen LogP contribution is -2.51. The highest BCUT2D eigenvalue weighted by molar-refractivity contribution is 6.01. The fourth-order valence-electron chi connectivity index (χ4n) is 2.05. The lowest BCUT2D eigenvalue weighted by atomic mass is 10.1. The van der Waals surface area contributed by atoms with Crippen LogP contribution in [0.2, 0.25) is 0 Å². The van der Waals surface area contributed by atoms with E-state index < -0.39 is 5.97 Å². The van der Waals surface area contributed by atoms with Crippen molar-refractivity contribution < 1.29 is 19.5 Å². The molecule has 0 aromatic rings. The maximum atomic E-state index is 12.2. The minimum Gasteiger partial charge on any atom is -0.478 e. The summed E-state index contributed by atoms with van der Waals surface area (Å²) in [5.74, 6) is -1.30. The molecule has 6 heteroatoms. The first-order chi connectivity index (χ1) is 9.25. The fourth-order valence-corrected chi connectivity index (χ4v) is 2.05. The molecule has 1 heterocycles. The number of carboxylic acids is 1. The zero-order valence-corrected chi connectivity index (χ0v) is 12.5. The molecule has 0 unspecified atom stereocenters. The van der Waals surface area contributed by atoms with Gasteiger partial charge in [0, 0.05) is 43.2 Å². The molecule has 0 aromatic heterocycles. The lowest BCUT2D eigenvalue weighted by molar-refractivity contribution is -0.140. The van der Waals surface area contributed by atoms with E-state index in [1.54, 1.807) is 9.80 Å². The maximum absolute atomic E-state index is 12.2. The summed E-state index contributed by atoms with van der Waals surface area (Å²) in [7, 11) is 0. The molecule has 1 aliphatic heterocycles. The zero-order chi connectivity index (χ0) is 15.4. The average molecular weight is 282 g/mol. The minimum absolute atomic E-state index is 0.0480. The summed E-state index contributed by atoms with van der Waals surface area (Å²) in [4.78, 5) is 38.2. The Morgan fingerprint density at radius 1 is 0.900 bits per heavy atom. The molecular weight excluding hydrogens is 260 g/mol. The van der Waals surface area contributed by atoms with Crippen LogP contribution in [0.25, 0.3) is 0 Å². The Morgan fingerprint density at radius 3 is 1.75 bits per heavy atom. The number of amides is 2. The Balaban J connectivity index is 2.67. The molecule has 0 radical (unpaired) electrons. The number of carboxylic acid groups (broad SMARTS) is 1. The van der Waals surface area contributed by atoms with Gasteiger partial charge in [0.1, 0.15) is 0 Å². The van der Waals surface area contributed by atoms with E-state index in [4.69, 9.17) is 5.11 Å². The number of carbonyl (C=O) groups is 3. The number of rotatable bonds is 3. The third-order valence-corrected chi connectivity index (χ3v) is 3.58. The quantitative estimate of drug-likeness (QED) is 0.774. The smallest absolute Gasteiger partial charge is 0.331 e. The molecule has 1 saturated heterocycles. The molecule has 1 N–H and O–H groups in total. The Hall–Kier alpha value is -1.85. The molecule has 0 atom stereocenters. The van der Waals surface area contributed by atoms with E-state index in [0.29, 0.717) is 26.2 Å². The highest BCUT2D eigenvalue weighted by Crippen LogP contribution is 2.12. The Morgan fingerprint density at radius 2 is 1.35 bits per heavy atom. The second-order valence-corrected chi connectivity index (χ2v) is 5.33. The molecule has 20 heavy (non-hydrogen) atoms. The second kappa shape index (κ2) is 6.54. The highest BCUT2D eigenvalue weighted by atomic mass is 16.4. The van der Waals surface area contributed by atoms with Gasteiger partial charge in [-0.1, -0.05) is 13.8 Å². The van der Waals surface area contributed by atoms with Crippen LogP contribution in [0.3, 0.4) is 0 Å². The van der Waals surface area contributed by atoms with Crippen molar-refractivity contribution in [2.24, 2.45) is 5.92 Å². The van der Waals surface area contributed by atoms with Crippen LogP contribution in [-0.2, 0) is 14.4 Å². The van der Waals surface area contributed by atoms with Crippen LogP contribution < -0.4 is 0 Å². The second-order valence-electron chi connectivity index (χ2n) is 5.33. The van der Waals surface area contributed by atoms with Gasteiger partial charge in [0.05, 0.1) is 0 Å². The number of nitrogens with zero attached hydrogens (tertiary/aromatic N) is 2. The summed E-state index contributed by atoms with van der Waals surface area (Å²) in [6.07, 6.45) is 0. The molecule has 0 bridgehead atoms. The molecule has 0 aliphatic carbocycles. The van der Waals surface area contributed by atoms with Crippen molar-refractivity contribution in [2.75, 3.05) is 26.2 Å². The van der Waals surface area contributed by atoms with Crippen LogP contribution in [0.15, 0.2) is 11.1 Å². The first kappa shape index (κ1) is 16.2. The number of aliphatic carboxylic acids is 1. The zero-order valence-electron chi connectivity index (χ0n) is 12.5. The molecule has 1 fully saturated rings. The van der Waals surface area contributed by atoms with E-state index >= 15 is 0 Å². The molecule has 2 amide bonds. The van der Waals surface area contributed by atoms with Crippen molar-refractivity contribution >= 4 is 17.8 Å². The van der Waals surface area contributed by atoms with E-state index in [0.717, 1.165) is 0 Å². The van der Waals surface area contributed by atoms with Gasteiger partial charge < -0.3 is 14.9 Å². The van der Waals surface area contributed by atoms with Crippen molar-refractivity contribution in [2.45, 2.75) is 27.7 Å². The third kappa shape index (κ3) is 3.59. The van der Waals surface area contributed by atoms with Crippen LogP contribution in [-0.4, -0.2) is 58.9 Å². The van der Waals surface area contributed by atoms with Crippen molar-refractivity contribution in [3.05, 3.63) is 11.1 Å². The van der Waals surface area contributed by atoms with Crippen molar-refractivity contribution in [1.82, 2.24) is 9.80 Å². The highest BCUT2D eigenvalue weighted by Gasteiger charge is 2.26. The SMILES string of the molecule is CC(C(=O)O)=C(C)C(=O)N1CCN(C(=O)C(C)C)CC1. The number of hydrogen-bond donors (Lipinski definition) is 1. The Bertz CT molecular complexity index is 446. The molecule has 0 saturated carbocycles. The standard InChI is InChI=1S/C14H22N2O4/c1-9(2)12(17)15-5-7-16(8-6-15)13(18)10(3)11(4)14(19)20/h9H,5-8H2,1-4H3,(H,19,20). The molecule has 0 aromatic carbocycles.